The summed E-state index contributed by atoms with van der Waals surface area (Å²) in [6, 6.07) is 9.43. The standard InChI is InChI=1S/C15H24N2/c1-13(2)16-9-5-6-10-17-11-14-7-3-4-8-15(14)12-17/h3-4,7-8,13,16H,5-6,9-12H2,1-2H3. The molecule has 1 N–H and O–H groups in total. The van der Waals surface area contributed by atoms with Crippen molar-refractivity contribution in [3.05, 3.63) is 35.4 Å². The third-order valence-electron chi connectivity index (χ3n) is 3.36. The summed E-state index contributed by atoms with van der Waals surface area (Å²) in [6.07, 6.45) is 2.58. The van der Waals surface area contributed by atoms with Crippen molar-refractivity contribution in [2.75, 3.05) is 13.1 Å². The minimum absolute atomic E-state index is 0.617. The van der Waals surface area contributed by atoms with Gasteiger partial charge in [0.25, 0.3) is 0 Å². The van der Waals surface area contributed by atoms with Crippen molar-refractivity contribution >= 4 is 0 Å². The van der Waals surface area contributed by atoms with Gasteiger partial charge in [-0.3, -0.25) is 4.90 Å². The van der Waals surface area contributed by atoms with E-state index in [1.54, 1.807) is 0 Å². The van der Waals surface area contributed by atoms with Crippen LogP contribution in [0.5, 0.6) is 0 Å². The number of unbranched alkanes of at least 4 members (excludes halogenated alkanes) is 1. The van der Waals surface area contributed by atoms with Crippen LogP contribution in [0.15, 0.2) is 24.3 Å². The summed E-state index contributed by atoms with van der Waals surface area (Å²) in [5, 5.41) is 3.47. The number of rotatable bonds is 6. The summed E-state index contributed by atoms with van der Waals surface area (Å²) in [7, 11) is 0. The topological polar surface area (TPSA) is 15.3 Å². The summed E-state index contributed by atoms with van der Waals surface area (Å²) in [5.41, 5.74) is 3.04. The Bertz CT molecular complexity index is 322. The first-order valence-corrected chi connectivity index (χ1v) is 6.78. The first kappa shape index (κ1) is 12.6. The van der Waals surface area contributed by atoms with Crippen molar-refractivity contribution in [3.63, 3.8) is 0 Å². The average molecular weight is 232 g/mol. The zero-order valence-electron chi connectivity index (χ0n) is 11.1. The molecule has 17 heavy (non-hydrogen) atoms. The Morgan fingerprint density at radius 1 is 1.12 bits per heavy atom. The van der Waals surface area contributed by atoms with Crippen molar-refractivity contribution in [1.82, 2.24) is 10.2 Å². The van der Waals surface area contributed by atoms with Gasteiger partial charge in [-0.2, -0.15) is 0 Å². The van der Waals surface area contributed by atoms with Crippen LogP contribution in [-0.2, 0) is 13.1 Å². The van der Waals surface area contributed by atoms with Crippen LogP contribution < -0.4 is 5.32 Å². The zero-order valence-corrected chi connectivity index (χ0v) is 11.1. The molecule has 0 aromatic heterocycles. The first-order chi connectivity index (χ1) is 8.25. The van der Waals surface area contributed by atoms with E-state index in [4.69, 9.17) is 0 Å². The molecule has 2 rings (SSSR count). The summed E-state index contributed by atoms with van der Waals surface area (Å²) < 4.78 is 0. The van der Waals surface area contributed by atoms with Gasteiger partial charge in [0.1, 0.15) is 0 Å². The molecule has 1 aromatic rings. The molecular weight excluding hydrogens is 208 g/mol. The number of fused-ring (bicyclic) bond motifs is 1. The number of nitrogens with one attached hydrogen (secondary N) is 1. The molecule has 2 heteroatoms. The minimum atomic E-state index is 0.617. The highest BCUT2D eigenvalue weighted by molar-refractivity contribution is 5.30. The van der Waals surface area contributed by atoms with Gasteiger partial charge in [0, 0.05) is 19.1 Å². The summed E-state index contributed by atoms with van der Waals surface area (Å²) in [4.78, 5) is 2.56. The van der Waals surface area contributed by atoms with Crippen molar-refractivity contribution < 1.29 is 0 Å². The van der Waals surface area contributed by atoms with Crippen molar-refractivity contribution in [2.45, 2.75) is 45.8 Å². The number of nitrogens with zero attached hydrogens (tertiary/aromatic N) is 1. The largest absolute Gasteiger partial charge is 0.315 e. The van der Waals surface area contributed by atoms with Gasteiger partial charge in [0.15, 0.2) is 0 Å². The molecule has 1 aliphatic rings. The molecule has 0 bridgehead atoms. The fourth-order valence-corrected chi connectivity index (χ4v) is 2.41. The van der Waals surface area contributed by atoms with E-state index in [9.17, 15) is 0 Å². The quantitative estimate of drug-likeness (QED) is 0.759. The fraction of sp³-hybridized carbons (Fsp3) is 0.600. The highest BCUT2D eigenvalue weighted by Gasteiger charge is 2.16. The van der Waals surface area contributed by atoms with Crippen LogP contribution in [0.1, 0.15) is 37.8 Å². The summed E-state index contributed by atoms with van der Waals surface area (Å²) >= 11 is 0. The molecule has 0 fully saturated rings. The molecule has 0 amide bonds. The van der Waals surface area contributed by atoms with E-state index in [0.717, 1.165) is 19.6 Å². The van der Waals surface area contributed by atoms with Gasteiger partial charge in [-0.05, 0) is 37.1 Å². The van der Waals surface area contributed by atoms with Gasteiger partial charge >= 0.3 is 0 Å². The highest BCUT2D eigenvalue weighted by Crippen LogP contribution is 2.22. The van der Waals surface area contributed by atoms with Gasteiger partial charge in [-0.1, -0.05) is 38.1 Å². The maximum Gasteiger partial charge on any atom is 0.0240 e. The Balaban J connectivity index is 1.63. The predicted octanol–water partition coefficient (Wildman–Crippen LogP) is 2.78. The molecule has 1 aromatic carbocycles. The van der Waals surface area contributed by atoms with Crippen LogP contribution in [0, 0.1) is 0 Å². The van der Waals surface area contributed by atoms with Gasteiger partial charge in [-0.15, -0.1) is 0 Å². The first-order valence-electron chi connectivity index (χ1n) is 6.78. The maximum atomic E-state index is 3.47. The number of hydrogen-bond donors (Lipinski definition) is 1. The lowest BCUT2D eigenvalue weighted by atomic mass is 10.1. The van der Waals surface area contributed by atoms with Gasteiger partial charge < -0.3 is 5.32 Å². The second kappa shape index (κ2) is 6.18. The molecular formula is C15H24N2. The molecule has 0 saturated heterocycles. The number of benzene rings is 1. The third kappa shape index (κ3) is 3.83. The smallest absolute Gasteiger partial charge is 0.0240 e. The van der Waals surface area contributed by atoms with E-state index < -0.39 is 0 Å². The lowest BCUT2D eigenvalue weighted by Gasteiger charge is -2.15. The zero-order chi connectivity index (χ0) is 12.1. The fourth-order valence-electron chi connectivity index (χ4n) is 2.41. The van der Waals surface area contributed by atoms with Gasteiger partial charge in [0.05, 0.1) is 0 Å². The molecule has 1 aliphatic heterocycles. The summed E-state index contributed by atoms with van der Waals surface area (Å²) in [6.45, 7) is 9.09. The molecule has 0 atom stereocenters. The molecule has 0 radical (unpaired) electrons. The van der Waals surface area contributed by atoms with E-state index in [2.05, 4.69) is 48.3 Å². The Kier molecular flexibility index (Phi) is 4.57. The average Bonchev–Trinajstić information content (AvgIpc) is 2.70. The third-order valence-corrected chi connectivity index (χ3v) is 3.36. The Hall–Kier alpha value is -0.860. The summed E-state index contributed by atoms with van der Waals surface area (Å²) in [5.74, 6) is 0. The minimum Gasteiger partial charge on any atom is -0.315 e. The monoisotopic (exact) mass is 232 g/mol. The molecule has 2 nitrogen and oxygen atoms in total. The number of hydrogen-bond acceptors (Lipinski definition) is 2. The lowest BCUT2D eigenvalue weighted by molar-refractivity contribution is 0.277. The molecule has 0 aliphatic carbocycles. The van der Waals surface area contributed by atoms with Gasteiger partial charge in [0.2, 0.25) is 0 Å². The van der Waals surface area contributed by atoms with Crippen LogP contribution in [0.2, 0.25) is 0 Å². The van der Waals surface area contributed by atoms with E-state index in [1.807, 2.05) is 0 Å². The Morgan fingerprint density at radius 2 is 1.76 bits per heavy atom. The van der Waals surface area contributed by atoms with Crippen LogP contribution in [-0.4, -0.2) is 24.0 Å². The van der Waals surface area contributed by atoms with Crippen LogP contribution in [0.25, 0.3) is 0 Å². The maximum absolute atomic E-state index is 3.47. The Morgan fingerprint density at radius 3 is 2.35 bits per heavy atom. The van der Waals surface area contributed by atoms with E-state index in [-0.39, 0.29) is 0 Å². The highest BCUT2D eigenvalue weighted by atomic mass is 15.1. The van der Waals surface area contributed by atoms with Crippen molar-refractivity contribution in [2.24, 2.45) is 0 Å². The van der Waals surface area contributed by atoms with Crippen LogP contribution in [0.3, 0.4) is 0 Å². The molecule has 0 unspecified atom stereocenters. The van der Waals surface area contributed by atoms with Crippen molar-refractivity contribution in [1.29, 1.82) is 0 Å². The van der Waals surface area contributed by atoms with Crippen molar-refractivity contribution in [3.8, 4) is 0 Å². The van der Waals surface area contributed by atoms with Gasteiger partial charge in [-0.25, -0.2) is 0 Å². The second-order valence-corrected chi connectivity index (χ2v) is 5.30. The second-order valence-electron chi connectivity index (χ2n) is 5.30. The van der Waals surface area contributed by atoms with E-state index in [1.165, 1.54) is 30.5 Å². The lowest BCUT2D eigenvalue weighted by Crippen LogP contribution is -2.25. The Labute approximate surface area is 105 Å². The normalized spacial score (nSPS) is 15.5. The van der Waals surface area contributed by atoms with E-state index >= 15 is 0 Å². The SMILES string of the molecule is CC(C)NCCCCN1Cc2ccccc2C1. The predicted molar refractivity (Wildman–Crippen MR) is 72.9 cm³/mol. The van der Waals surface area contributed by atoms with Crippen LogP contribution in [0.4, 0.5) is 0 Å². The van der Waals surface area contributed by atoms with Crippen LogP contribution >= 0.6 is 0 Å². The molecule has 0 saturated carbocycles. The molecule has 94 valence electrons. The van der Waals surface area contributed by atoms with E-state index in [0.29, 0.717) is 6.04 Å². The molecule has 0 spiro atoms. The molecule has 1 heterocycles.